The minimum absolute atomic E-state index is 0.134. The van der Waals surface area contributed by atoms with Crippen LogP contribution in [0.5, 0.6) is 5.75 Å². The zero-order valence-electron chi connectivity index (χ0n) is 18.2. The van der Waals surface area contributed by atoms with E-state index < -0.39 is 10.0 Å². The summed E-state index contributed by atoms with van der Waals surface area (Å²) >= 11 is 3.48. The second-order valence-corrected chi connectivity index (χ2v) is 11.6. The van der Waals surface area contributed by atoms with Crippen molar-refractivity contribution in [3.05, 3.63) is 52.5 Å². The number of halogens is 1. The van der Waals surface area contributed by atoms with E-state index in [9.17, 15) is 13.2 Å². The van der Waals surface area contributed by atoms with E-state index >= 15 is 0 Å². The van der Waals surface area contributed by atoms with Gasteiger partial charge in [0.05, 0.1) is 4.90 Å². The Kier molecular flexibility index (Phi) is 7.44. The third-order valence-electron chi connectivity index (χ3n) is 5.20. The van der Waals surface area contributed by atoms with Crippen LogP contribution in [0.3, 0.4) is 0 Å². The number of nitrogens with zero attached hydrogens (tertiary/aromatic N) is 1. The monoisotopic (exact) mass is 508 g/mol. The lowest BCUT2D eigenvalue weighted by molar-refractivity contribution is -0.118. The molecule has 168 valence electrons. The van der Waals surface area contributed by atoms with Gasteiger partial charge in [-0.2, -0.15) is 4.31 Å². The molecule has 1 saturated heterocycles. The number of anilines is 1. The number of piperidine rings is 1. The first-order valence-electron chi connectivity index (χ1n) is 10.4. The quantitative estimate of drug-likeness (QED) is 0.599. The summed E-state index contributed by atoms with van der Waals surface area (Å²) < 4.78 is 33.7. The summed E-state index contributed by atoms with van der Waals surface area (Å²) in [6, 6.07) is 12.0. The summed E-state index contributed by atoms with van der Waals surface area (Å²) in [4.78, 5) is 12.6. The molecule has 1 aliphatic heterocycles. The van der Waals surface area contributed by atoms with E-state index in [1.807, 2.05) is 18.2 Å². The van der Waals surface area contributed by atoms with E-state index in [1.165, 1.54) is 16.4 Å². The summed E-state index contributed by atoms with van der Waals surface area (Å²) in [6.07, 6.45) is 2.85. The molecule has 1 amide bonds. The number of benzene rings is 2. The molecule has 0 bridgehead atoms. The maximum Gasteiger partial charge on any atom is 0.262 e. The van der Waals surface area contributed by atoms with Gasteiger partial charge in [-0.1, -0.05) is 43.1 Å². The fourth-order valence-corrected chi connectivity index (χ4v) is 5.40. The molecule has 0 spiro atoms. The summed E-state index contributed by atoms with van der Waals surface area (Å²) in [5.74, 6) is 0.350. The number of hydrogen-bond acceptors (Lipinski definition) is 4. The molecule has 0 atom stereocenters. The van der Waals surface area contributed by atoms with Crippen molar-refractivity contribution in [2.24, 2.45) is 0 Å². The third kappa shape index (κ3) is 6.08. The topological polar surface area (TPSA) is 75.7 Å². The number of amides is 1. The van der Waals surface area contributed by atoms with Crippen molar-refractivity contribution in [2.45, 2.75) is 50.3 Å². The molecule has 2 aromatic rings. The molecule has 31 heavy (non-hydrogen) atoms. The van der Waals surface area contributed by atoms with Gasteiger partial charge in [0.1, 0.15) is 5.75 Å². The van der Waals surface area contributed by atoms with Crippen LogP contribution in [0, 0.1) is 0 Å². The van der Waals surface area contributed by atoms with Crippen molar-refractivity contribution in [2.75, 3.05) is 25.0 Å². The van der Waals surface area contributed by atoms with Crippen molar-refractivity contribution in [1.29, 1.82) is 0 Å². The van der Waals surface area contributed by atoms with Gasteiger partial charge >= 0.3 is 0 Å². The first-order chi connectivity index (χ1) is 14.6. The van der Waals surface area contributed by atoms with Crippen LogP contribution in [0.4, 0.5) is 5.69 Å². The summed E-state index contributed by atoms with van der Waals surface area (Å²) in [7, 11) is -3.48. The van der Waals surface area contributed by atoms with E-state index in [4.69, 9.17) is 4.74 Å². The molecule has 1 aliphatic rings. The fraction of sp³-hybridized carbons (Fsp3) is 0.435. The highest BCUT2D eigenvalue weighted by Crippen LogP contribution is 2.33. The van der Waals surface area contributed by atoms with Gasteiger partial charge in [-0.3, -0.25) is 4.79 Å². The van der Waals surface area contributed by atoms with Gasteiger partial charge in [0.15, 0.2) is 6.61 Å². The predicted molar refractivity (Wildman–Crippen MR) is 126 cm³/mol. The number of carbonyl (C=O) groups excluding carboxylic acids is 1. The van der Waals surface area contributed by atoms with Gasteiger partial charge in [-0.25, -0.2) is 8.42 Å². The van der Waals surface area contributed by atoms with E-state index in [-0.39, 0.29) is 22.8 Å². The summed E-state index contributed by atoms with van der Waals surface area (Å²) in [6.45, 7) is 7.23. The Morgan fingerprint density at radius 2 is 1.71 bits per heavy atom. The molecule has 6 nitrogen and oxygen atoms in total. The highest BCUT2D eigenvalue weighted by atomic mass is 79.9. The average Bonchev–Trinajstić information content (AvgIpc) is 2.73. The van der Waals surface area contributed by atoms with Crippen molar-refractivity contribution in [1.82, 2.24) is 4.31 Å². The molecule has 1 heterocycles. The van der Waals surface area contributed by atoms with Crippen molar-refractivity contribution < 1.29 is 17.9 Å². The van der Waals surface area contributed by atoms with Gasteiger partial charge in [-0.15, -0.1) is 0 Å². The predicted octanol–water partition coefficient (Wildman–Crippen LogP) is 4.94. The number of carbonyl (C=O) groups is 1. The minimum Gasteiger partial charge on any atom is -0.483 e. The molecule has 2 aromatic carbocycles. The number of hydrogen-bond donors (Lipinski definition) is 1. The first kappa shape index (κ1) is 23.8. The minimum atomic E-state index is -3.48. The zero-order valence-corrected chi connectivity index (χ0v) is 20.6. The van der Waals surface area contributed by atoms with Crippen molar-refractivity contribution in [3.63, 3.8) is 0 Å². The van der Waals surface area contributed by atoms with Crippen LogP contribution in [-0.4, -0.2) is 38.3 Å². The van der Waals surface area contributed by atoms with E-state index in [2.05, 4.69) is 42.0 Å². The Labute approximate surface area is 193 Å². The molecular weight excluding hydrogens is 480 g/mol. The molecule has 1 fully saturated rings. The Morgan fingerprint density at radius 1 is 1.06 bits per heavy atom. The van der Waals surface area contributed by atoms with Gasteiger partial charge in [0, 0.05) is 28.8 Å². The summed E-state index contributed by atoms with van der Waals surface area (Å²) in [5, 5.41) is 2.76. The number of rotatable bonds is 6. The third-order valence-corrected chi connectivity index (χ3v) is 7.61. The molecule has 0 unspecified atom stereocenters. The molecule has 1 N–H and O–H groups in total. The van der Waals surface area contributed by atoms with Gasteiger partial charge in [0.2, 0.25) is 10.0 Å². The van der Waals surface area contributed by atoms with Crippen molar-refractivity contribution >= 4 is 37.5 Å². The Hall–Kier alpha value is -1.90. The fourth-order valence-electron chi connectivity index (χ4n) is 3.52. The number of nitrogens with one attached hydrogen (secondary N) is 1. The van der Waals surface area contributed by atoms with Crippen molar-refractivity contribution in [3.8, 4) is 5.75 Å². The van der Waals surface area contributed by atoms with E-state index in [1.54, 1.807) is 12.1 Å². The second kappa shape index (κ2) is 9.71. The molecular formula is C23H29BrN2O4S. The lowest BCUT2D eigenvalue weighted by Gasteiger charge is -2.25. The highest BCUT2D eigenvalue weighted by Gasteiger charge is 2.25. The Morgan fingerprint density at radius 3 is 2.32 bits per heavy atom. The number of sulfonamides is 1. The van der Waals surface area contributed by atoms with Crippen LogP contribution in [-0.2, 0) is 20.2 Å². The molecule has 0 saturated carbocycles. The lowest BCUT2D eigenvalue weighted by atomic mass is 9.86. The van der Waals surface area contributed by atoms with Crippen LogP contribution in [0.2, 0.25) is 0 Å². The van der Waals surface area contributed by atoms with Gasteiger partial charge in [-0.05, 0) is 60.7 Å². The Bertz CT molecular complexity index is 1020. The van der Waals surface area contributed by atoms with Crippen LogP contribution >= 0.6 is 15.9 Å². The molecule has 0 radical (unpaired) electrons. The normalized spacial score (nSPS) is 15.5. The molecule has 3 rings (SSSR count). The maximum atomic E-state index is 12.7. The van der Waals surface area contributed by atoms with Gasteiger partial charge in [0.25, 0.3) is 5.91 Å². The first-order valence-corrected chi connectivity index (χ1v) is 12.6. The standard InChI is InChI=1S/C23H29BrN2O4S/c1-23(2,3)20-15-17(24)7-12-21(20)30-16-22(27)25-18-8-10-19(11-9-18)31(28,29)26-13-5-4-6-14-26/h7-12,15H,4-6,13-14,16H2,1-3H3,(H,25,27). The lowest BCUT2D eigenvalue weighted by Crippen LogP contribution is -2.35. The number of ether oxygens (including phenoxy) is 1. The SMILES string of the molecule is CC(C)(C)c1cc(Br)ccc1OCC(=O)Nc1ccc(S(=O)(=O)N2CCCCC2)cc1. The van der Waals surface area contributed by atoms with Crippen LogP contribution < -0.4 is 10.1 Å². The molecule has 8 heteroatoms. The largest absolute Gasteiger partial charge is 0.483 e. The maximum absolute atomic E-state index is 12.7. The van der Waals surface area contributed by atoms with E-state index in [0.29, 0.717) is 24.5 Å². The van der Waals surface area contributed by atoms with Crippen LogP contribution in [0.1, 0.15) is 45.6 Å². The Balaban J connectivity index is 1.62. The van der Waals surface area contributed by atoms with Crippen LogP contribution in [0.15, 0.2) is 51.8 Å². The highest BCUT2D eigenvalue weighted by molar-refractivity contribution is 9.10. The second-order valence-electron chi connectivity index (χ2n) is 8.72. The summed E-state index contributed by atoms with van der Waals surface area (Å²) in [5.41, 5.74) is 1.39. The van der Waals surface area contributed by atoms with E-state index in [0.717, 1.165) is 29.3 Å². The zero-order chi connectivity index (χ0) is 22.6. The molecule has 0 aliphatic carbocycles. The average molecular weight is 509 g/mol. The molecule has 0 aromatic heterocycles. The van der Waals surface area contributed by atoms with Gasteiger partial charge < -0.3 is 10.1 Å². The smallest absolute Gasteiger partial charge is 0.262 e. The van der Waals surface area contributed by atoms with Crippen LogP contribution in [0.25, 0.3) is 0 Å².